The molecule has 0 aromatic heterocycles. The van der Waals surface area contributed by atoms with E-state index in [1.54, 1.807) is 0 Å². The lowest BCUT2D eigenvalue weighted by molar-refractivity contribution is -0.161. The van der Waals surface area contributed by atoms with Crippen LogP contribution < -0.4 is 0 Å². The lowest BCUT2D eigenvalue weighted by atomic mass is 10.1. The highest BCUT2D eigenvalue weighted by atomic mass is 16.6. The van der Waals surface area contributed by atoms with Crippen LogP contribution in [0.1, 0.15) is 142 Å². The van der Waals surface area contributed by atoms with Gasteiger partial charge in [-0.05, 0) is 96.3 Å². The van der Waals surface area contributed by atoms with Gasteiger partial charge < -0.3 is 14.6 Å². The molecule has 0 aromatic rings. The van der Waals surface area contributed by atoms with Gasteiger partial charge in [0.2, 0.25) is 0 Å². The van der Waals surface area contributed by atoms with Gasteiger partial charge in [0.25, 0.3) is 0 Å². The quantitative estimate of drug-likeness (QED) is 0.0421. The lowest BCUT2D eigenvalue weighted by Crippen LogP contribution is -2.28. The fraction of sp³-hybridized carbons (Fsp3) is 0.556. The molecule has 0 rings (SSSR count). The monoisotopic (exact) mass is 691 g/mol. The van der Waals surface area contributed by atoms with Gasteiger partial charge in [0, 0.05) is 12.8 Å². The van der Waals surface area contributed by atoms with E-state index in [0.29, 0.717) is 12.8 Å². The van der Waals surface area contributed by atoms with E-state index in [2.05, 4.69) is 123 Å². The van der Waals surface area contributed by atoms with Crippen molar-refractivity contribution in [3.63, 3.8) is 0 Å². The third kappa shape index (κ3) is 37.4. The third-order valence-electron chi connectivity index (χ3n) is 7.55. The minimum absolute atomic E-state index is 0.113. The fourth-order valence-electron chi connectivity index (χ4n) is 4.63. The number of carbonyl (C=O) groups excluding carboxylic acids is 2. The largest absolute Gasteiger partial charge is 0.462 e. The minimum atomic E-state index is -0.821. The molecule has 0 fully saturated rings. The molecule has 0 amide bonds. The van der Waals surface area contributed by atoms with Crippen molar-refractivity contribution in [1.29, 1.82) is 0 Å². The second-order valence-corrected chi connectivity index (χ2v) is 12.3. The number of aliphatic hydroxyl groups is 1. The molecule has 1 N–H and O–H groups in total. The number of aliphatic hydroxyl groups excluding tert-OH is 1. The predicted molar refractivity (Wildman–Crippen MR) is 214 cm³/mol. The van der Waals surface area contributed by atoms with Crippen LogP contribution in [0.25, 0.3) is 0 Å². The molecule has 280 valence electrons. The van der Waals surface area contributed by atoms with E-state index in [1.807, 2.05) is 0 Å². The van der Waals surface area contributed by atoms with Crippen LogP contribution in [0.3, 0.4) is 0 Å². The summed E-state index contributed by atoms with van der Waals surface area (Å²) in [5.74, 6) is -0.707. The summed E-state index contributed by atoms with van der Waals surface area (Å²) in [5.41, 5.74) is 0. The molecule has 0 saturated carbocycles. The highest BCUT2D eigenvalue weighted by Gasteiger charge is 2.15. The molecule has 0 aliphatic heterocycles. The topological polar surface area (TPSA) is 72.8 Å². The van der Waals surface area contributed by atoms with Crippen molar-refractivity contribution in [2.45, 2.75) is 148 Å². The maximum Gasteiger partial charge on any atom is 0.306 e. The van der Waals surface area contributed by atoms with E-state index in [1.165, 1.54) is 25.7 Å². The minimum Gasteiger partial charge on any atom is -0.462 e. The summed E-state index contributed by atoms with van der Waals surface area (Å²) >= 11 is 0. The first kappa shape index (κ1) is 46.6. The van der Waals surface area contributed by atoms with Crippen LogP contribution in [0.5, 0.6) is 0 Å². The highest BCUT2D eigenvalue weighted by molar-refractivity contribution is 5.70. The number of ether oxygens (including phenoxy) is 2. The molecule has 0 bridgehead atoms. The normalized spacial score (nSPS) is 13.4. The van der Waals surface area contributed by atoms with E-state index in [9.17, 15) is 14.7 Å². The van der Waals surface area contributed by atoms with E-state index in [0.717, 1.165) is 83.5 Å². The maximum absolute atomic E-state index is 12.1. The van der Waals surface area contributed by atoms with Crippen molar-refractivity contribution in [3.05, 3.63) is 109 Å². The Labute approximate surface area is 306 Å². The number of rotatable bonds is 33. The summed E-state index contributed by atoms with van der Waals surface area (Å²) in [7, 11) is 0. The molecule has 1 atom stereocenters. The number of hydrogen-bond donors (Lipinski definition) is 1. The van der Waals surface area contributed by atoms with E-state index in [-0.39, 0.29) is 31.6 Å². The zero-order chi connectivity index (χ0) is 36.4. The zero-order valence-corrected chi connectivity index (χ0v) is 31.6. The van der Waals surface area contributed by atoms with Crippen LogP contribution in [-0.2, 0) is 19.1 Å². The summed E-state index contributed by atoms with van der Waals surface area (Å²) in [6.45, 7) is 3.89. The maximum atomic E-state index is 12.1. The van der Waals surface area contributed by atoms with Gasteiger partial charge in [-0.2, -0.15) is 0 Å². The Balaban J connectivity index is 3.77. The Morgan fingerprint density at radius 1 is 0.480 bits per heavy atom. The Bertz CT molecular complexity index is 1050. The summed E-state index contributed by atoms with van der Waals surface area (Å²) < 4.78 is 10.5. The predicted octanol–water partition coefficient (Wildman–Crippen LogP) is 12.3. The molecule has 50 heavy (non-hydrogen) atoms. The Morgan fingerprint density at radius 3 is 1.32 bits per heavy atom. The Hall–Kier alpha value is -3.44. The van der Waals surface area contributed by atoms with Crippen molar-refractivity contribution in [3.8, 4) is 0 Å². The van der Waals surface area contributed by atoms with E-state index in [4.69, 9.17) is 9.47 Å². The van der Waals surface area contributed by atoms with Crippen molar-refractivity contribution in [2.24, 2.45) is 0 Å². The zero-order valence-electron chi connectivity index (χ0n) is 31.6. The molecule has 0 spiro atoms. The summed E-state index contributed by atoms with van der Waals surface area (Å²) in [6.07, 6.45) is 57.2. The Morgan fingerprint density at radius 2 is 0.880 bits per heavy atom. The van der Waals surface area contributed by atoms with Crippen LogP contribution in [0.15, 0.2) is 109 Å². The van der Waals surface area contributed by atoms with Gasteiger partial charge in [-0.1, -0.05) is 142 Å². The van der Waals surface area contributed by atoms with Gasteiger partial charge in [-0.25, -0.2) is 0 Å². The number of unbranched alkanes of at least 4 members (excludes halogenated alkanes) is 7. The van der Waals surface area contributed by atoms with Crippen LogP contribution in [0, 0.1) is 0 Å². The Kier molecular flexibility index (Phi) is 37.2. The van der Waals surface area contributed by atoms with Gasteiger partial charge in [-0.3, -0.25) is 9.59 Å². The van der Waals surface area contributed by atoms with Crippen molar-refractivity contribution in [2.75, 3.05) is 13.2 Å². The second kappa shape index (κ2) is 40.0. The number of hydrogen-bond acceptors (Lipinski definition) is 5. The smallest absolute Gasteiger partial charge is 0.306 e. The van der Waals surface area contributed by atoms with Gasteiger partial charge in [0.15, 0.2) is 6.10 Å². The molecule has 0 heterocycles. The van der Waals surface area contributed by atoms with Gasteiger partial charge in [0.05, 0.1) is 6.61 Å². The molecular weight excluding hydrogens is 620 g/mol. The molecule has 0 saturated heterocycles. The highest BCUT2D eigenvalue weighted by Crippen LogP contribution is 2.08. The van der Waals surface area contributed by atoms with Crippen LogP contribution in [0.4, 0.5) is 0 Å². The van der Waals surface area contributed by atoms with Crippen LogP contribution in [0.2, 0.25) is 0 Å². The molecule has 0 aliphatic rings. The summed E-state index contributed by atoms with van der Waals surface area (Å²) in [5, 5.41) is 9.54. The van der Waals surface area contributed by atoms with E-state index >= 15 is 0 Å². The van der Waals surface area contributed by atoms with Gasteiger partial charge >= 0.3 is 11.9 Å². The third-order valence-corrected chi connectivity index (χ3v) is 7.55. The first-order valence-electron chi connectivity index (χ1n) is 19.4. The van der Waals surface area contributed by atoms with Gasteiger partial charge in [-0.15, -0.1) is 0 Å². The van der Waals surface area contributed by atoms with E-state index < -0.39 is 6.10 Å². The standard InChI is InChI=1S/C45H70O5/c1-3-5-7-9-11-13-15-17-19-21-22-24-25-27-29-31-33-35-37-39-44(47)49-42-43(41-46)50-45(48)40-38-36-34-32-30-28-26-23-20-18-16-14-12-10-8-6-4-2/h5,7,11-14,17-20,22,24,26-29,32,34,43,46H,3-4,6,8-10,15-16,21,23,25,30-31,33,35-42H2,1-2H3/b7-5+,13-11+,14-12+,19-17+,20-18+,24-22+,28-26+,29-27+,34-32+/t43-/m0/s1. The van der Waals surface area contributed by atoms with Crippen LogP contribution >= 0.6 is 0 Å². The molecule has 0 aliphatic carbocycles. The molecule has 0 aromatic carbocycles. The molecule has 5 heteroatoms. The molecule has 0 unspecified atom stereocenters. The number of allylic oxidation sites excluding steroid dienone is 18. The number of esters is 2. The number of carbonyl (C=O) groups is 2. The molecule has 0 radical (unpaired) electrons. The summed E-state index contributed by atoms with van der Waals surface area (Å²) in [4.78, 5) is 24.2. The first-order valence-corrected chi connectivity index (χ1v) is 19.4. The average Bonchev–Trinajstić information content (AvgIpc) is 3.12. The first-order chi connectivity index (χ1) is 24.6. The van der Waals surface area contributed by atoms with Crippen molar-refractivity contribution >= 4 is 11.9 Å². The average molecular weight is 691 g/mol. The molecule has 5 nitrogen and oxygen atoms in total. The van der Waals surface area contributed by atoms with Crippen LogP contribution in [-0.4, -0.2) is 36.4 Å². The van der Waals surface area contributed by atoms with Crippen molar-refractivity contribution in [1.82, 2.24) is 0 Å². The SMILES string of the molecule is CC/C=C/C/C=C/C/C=C/C/C=C/C/C=C/CCCCCC(=O)OC[C@H](CO)OC(=O)CCC/C=C/C/C=C/C/C=C/C/C=C/CCCCC. The molecular formula is C45H70O5. The van der Waals surface area contributed by atoms with Gasteiger partial charge in [0.1, 0.15) is 6.61 Å². The second-order valence-electron chi connectivity index (χ2n) is 12.3. The summed E-state index contributed by atoms with van der Waals surface area (Å²) in [6, 6.07) is 0. The fourth-order valence-corrected chi connectivity index (χ4v) is 4.63. The van der Waals surface area contributed by atoms with Crippen molar-refractivity contribution < 1.29 is 24.2 Å². The lowest BCUT2D eigenvalue weighted by Gasteiger charge is -2.15.